The molecule has 1 saturated carbocycles. The molecule has 0 spiro atoms. The summed E-state index contributed by atoms with van der Waals surface area (Å²) in [5.74, 6) is -1.09. The summed E-state index contributed by atoms with van der Waals surface area (Å²) in [5.41, 5.74) is 1.07. The van der Waals surface area contributed by atoms with Crippen LogP contribution in [0.3, 0.4) is 0 Å². The van der Waals surface area contributed by atoms with Crippen LogP contribution in [0.25, 0.3) is 5.70 Å². The van der Waals surface area contributed by atoms with E-state index in [4.69, 9.17) is 0 Å². The maximum absolute atomic E-state index is 14.1. The first kappa shape index (κ1) is 17.1. The highest BCUT2D eigenvalue weighted by atomic mass is 19.1. The second-order valence-corrected chi connectivity index (χ2v) is 7.25. The average molecular weight is 356 g/mol. The minimum Gasteiger partial charge on any atom is -0.276 e. The third kappa shape index (κ3) is 2.59. The van der Waals surface area contributed by atoms with Crippen LogP contribution in [-0.2, 0) is 12.5 Å². The molecular weight excluding hydrogens is 334 g/mol. The van der Waals surface area contributed by atoms with Gasteiger partial charge in [0.05, 0.1) is 23.0 Å². The van der Waals surface area contributed by atoms with Gasteiger partial charge in [-0.25, -0.2) is 8.78 Å². The van der Waals surface area contributed by atoms with Crippen LogP contribution in [0.4, 0.5) is 8.78 Å². The molecule has 1 aliphatic carbocycles. The maximum Gasteiger partial charge on any atom is 0.135 e. The molecule has 136 valence electrons. The predicted octanol–water partition coefficient (Wildman–Crippen LogP) is 5.02. The van der Waals surface area contributed by atoms with Crippen molar-refractivity contribution in [1.29, 1.82) is 0 Å². The van der Waals surface area contributed by atoms with Crippen LogP contribution in [0.2, 0.25) is 0 Å². The largest absolute Gasteiger partial charge is 0.276 e. The smallest absolute Gasteiger partial charge is 0.135 e. The van der Waals surface area contributed by atoms with E-state index in [0.29, 0.717) is 5.70 Å². The van der Waals surface area contributed by atoms with E-state index in [0.717, 1.165) is 31.4 Å². The van der Waals surface area contributed by atoms with Gasteiger partial charge in [-0.1, -0.05) is 25.5 Å². The fourth-order valence-corrected chi connectivity index (χ4v) is 4.50. The average Bonchev–Trinajstić information content (AvgIpc) is 3.07. The van der Waals surface area contributed by atoms with Crippen molar-refractivity contribution < 1.29 is 8.78 Å². The van der Waals surface area contributed by atoms with Crippen LogP contribution < -0.4 is 0 Å². The third-order valence-electron chi connectivity index (χ3n) is 5.87. The van der Waals surface area contributed by atoms with Gasteiger partial charge < -0.3 is 0 Å². The van der Waals surface area contributed by atoms with Gasteiger partial charge in [0.15, 0.2) is 0 Å². The first-order valence-electron chi connectivity index (χ1n) is 9.12. The summed E-state index contributed by atoms with van der Waals surface area (Å²) < 4.78 is 30.1. The highest BCUT2D eigenvalue weighted by molar-refractivity contribution is 5.66. The lowest BCUT2D eigenvalue weighted by atomic mass is 9.62. The summed E-state index contributed by atoms with van der Waals surface area (Å²) >= 11 is 0. The molecule has 0 N–H and O–H groups in total. The van der Waals surface area contributed by atoms with Gasteiger partial charge in [0.1, 0.15) is 11.6 Å². The number of azo groups is 1. The van der Waals surface area contributed by atoms with Crippen molar-refractivity contribution >= 4 is 5.70 Å². The summed E-state index contributed by atoms with van der Waals surface area (Å²) in [6, 6.07) is 5.88. The van der Waals surface area contributed by atoms with E-state index in [1.807, 2.05) is 24.0 Å². The van der Waals surface area contributed by atoms with Gasteiger partial charge >= 0.3 is 0 Å². The van der Waals surface area contributed by atoms with Gasteiger partial charge in [-0.2, -0.15) is 15.3 Å². The Morgan fingerprint density at radius 1 is 1.23 bits per heavy atom. The number of halogens is 2. The van der Waals surface area contributed by atoms with Gasteiger partial charge in [-0.3, -0.25) is 4.68 Å². The molecule has 6 heteroatoms. The quantitative estimate of drug-likeness (QED) is 0.761. The first-order valence-corrected chi connectivity index (χ1v) is 9.12. The monoisotopic (exact) mass is 356 g/mol. The molecule has 1 aliphatic heterocycles. The van der Waals surface area contributed by atoms with Gasteiger partial charge in [-0.15, -0.1) is 0 Å². The molecule has 1 fully saturated rings. The fraction of sp³-hybridized carbons (Fsp3) is 0.450. The molecular formula is C20H22F2N4. The highest BCUT2D eigenvalue weighted by Gasteiger charge is 2.48. The molecule has 3 atom stereocenters. The number of hydrogen-bond donors (Lipinski definition) is 0. The van der Waals surface area contributed by atoms with E-state index in [9.17, 15) is 8.78 Å². The Hall–Kier alpha value is -2.37. The van der Waals surface area contributed by atoms with E-state index in [1.54, 1.807) is 0 Å². The second kappa shape index (κ2) is 6.41. The van der Waals surface area contributed by atoms with Crippen LogP contribution in [0.5, 0.6) is 0 Å². The topological polar surface area (TPSA) is 42.5 Å². The lowest BCUT2D eigenvalue weighted by Crippen LogP contribution is -2.46. The molecule has 0 radical (unpaired) electrons. The Morgan fingerprint density at radius 3 is 2.65 bits per heavy atom. The number of fused-ring (bicyclic) bond motifs is 1. The summed E-state index contributed by atoms with van der Waals surface area (Å²) in [4.78, 5) is 0. The number of nitrogens with zero attached hydrogens (tertiary/aromatic N) is 4. The Balaban J connectivity index is 1.74. The van der Waals surface area contributed by atoms with Crippen molar-refractivity contribution in [3.05, 3.63) is 59.4 Å². The minimum atomic E-state index is -0.601. The van der Waals surface area contributed by atoms with Crippen molar-refractivity contribution in [2.24, 2.45) is 23.2 Å². The molecule has 2 unspecified atom stereocenters. The van der Waals surface area contributed by atoms with Gasteiger partial charge in [0.25, 0.3) is 0 Å². The zero-order chi connectivity index (χ0) is 18.3. The summed E-state index contributed by atoms with van der Waals surface area (Å²) in [7, 11) is 1.91. The van der Waals surface area contributed by atoms with Gasteiger partial charge in [0.2, 0.25) is 0 Å². The normalized spacial score (nSPS) is 27.9. The third-order valence-corrected chi connectivity index (χ3v) is 5.87. The Morgan fingerprint density at radius 2 is 2.00 bits per heavy atom. The molecule has 2 aromatic rings. The Bertz CT molecular complexity index is 865. The lowest BCUT2D eigenvalue weighted by Gasteiger charge is -2.44. The second-order valence-electron chi connectivity index (χ2n) is 7.25. The van der Waals surface area contributed by atoms with E-state index in [-0.39, 0.29) is 22.9 Å². The molecule has 4 rings (SSSR count). The standard InChI is InChI=1S/C20H22F2N4/c1-3-20(17-9-11-26(2)25-17)10-5-6-13-12-16(23-24-19(13)20)18-14(21)7-4-8-15(18)22/h4,7-9,11-13,19H,3,5-6,10H2,1-2H3/t13?,19?,20-/m1/s1. The number of rotatable bonds is 3. The molecule has 1 aromatic heterocycles. The molecule has 4 nitrogen and oxygen atoms in total. The molecule has 0 saturated heterocycles. The van der Waals surface area contributed by atoms with Crippen molar-refractivity contribution in [3.8, 4) is 0 Å². The zero-order valence-corrected chi connectivity index (χ0v) is 15.0. The Kier molecular flexibility index (Phi) is 4.21. The van der Waals surface area contributed by atoms with E-state index in [1.165, 1.54) is 18.2 Å². The van der Waals surface area contributed by atoms with Crippen LogP contribution in [0.1, 0.15) is 43.9 Å². The highest BCUT2D eigenvalue weighted by Crippen LogP contribution is 2.48. The summed E-state index contributed by atoms with van der Waals surface area (Å²) in [5, 5.41) is 13.5. The SMILES string of the molecule is CC[C@]1(c2ccn(C)n2)CCCC2C=C(c3c(F)cccc3F)N=NC21. The molecule has 2 aliphatic rings. The predicted molar refractivity (Wildman–Crippen MR) is 95.5 cm³/mol. The summed E-state index contributed by atoms with van der Waals surface area (Å²) in [6.45, 7) is 2.16. The van der Waals surface area contributed by atoms with Crippen molar-refractivity contribution in [2.75, 3.05) is 0 Å². The van der Waals surface area contributed by atoms with Crippen LogP contribution in [0.15, 0.2) is 46.8 Å². The fourth-order valence-electron chi connectivity index (χ4n) is 4.50. The van der Waals surface area contributed by atoms with E-state index in [2.05, 4.69) is 28.3 Å². The van der Waals surface area contributed by atoms with Crippen LogP contribution in [0, 0.1) is 17.6 Å². The number of aromatic nitrogens is 2. The lowest BCUT2D eigenvalue weighted by molar-refractivity contribution is 0.186. The minimum absolute atomic E-state index is 0.0465. The molecule has 1 aromatic carbocycles. The van der Waals surface area contributed by atoms with Crippen LogP contribution in [-0.4, -0.2) is 15.8 Å². The molecule has 0 bridgehead atoms. The molecule has 0 amide bonds. The Labute approximate surface area is 151 Å². The molecule has 26 heavy (non-hydrogen) atoms. The zero-order valence-electron chi connectivity index (χ0n) is 15.0. The van der Waals surface area contributed by atoms with E-state index < -0.39 is 11.6 Å². The maximum atomic E-state index is 14.1. The van der Waals surface area contributed by atoms with Gasteiger partial charge in [-0.05, 0) is 37.5 Å². The number of aryl methyl sites for hydroxylation is 1. The van der Waals surface area contributed by atoms with E-state index >= 15 is 0 Å². The first-order chi connectivity index (χ1) is 12.5. The van der Waals surface area contributed by atoms with Gasteiger partial charge in [0, 0.05) is 24.6 Å². The van der Waals surface area contributed by atoms with Crippen molar-refractivity contribution in [3.63, 3.8) is 0 Å². The van der Waals surface area contributed by atoms with Crippen molar-refractivity contribution in [2.45, 2.75) is 44.1 Å². The number of hydrogen-bond acceptors (Lipinski definition) is 3. The molecule has 2 heterocycles. The summed E-state index contributed by atoms with van der Waals surface area (Å²) in [6.07, 6.45) is 7.74. The van der Waals surface area contributed by atoms with Crippen LogP contribution >= 0.6 is 0 Å². The number of benzene rings is 1. The van der Waals surface area contributed by atoms with Crippen molar-refractivity contribution in [1.82, 2.24) is 9.78 Å².